The standard InChI is InChI=1S/C21H21F6N3O2/c1-12(2)29-19(32)28-8-7-13-3-5-17(6-4-13)30-18(31)14-9-15(20(22,23)24)11-16(10-14)21(25,26)27/h3-6,9-12H,7-8H2,1-2H3,(H,30,31)(H2,28,29,32). The second-order valence-electron chi connectivity index (χ2n) is 7.25. The quantitative estimate of drug-likeness (QED) is 0.516. The molecule has 0 aromatic heterocycles. The summed E-state index contributed by atoms with van der Waals surface area (Å²) in [6.07, 6.45) is -9.61. The topological polar surface area (TPSA) is 70.2 Å². The molecule has 0 aliphatic carbocycles. The van der Waals surface area contributed by atoms with E-state index in [1.807, 2.05) is 13.8 Å². The van der Waals surface area contributed by atoms with Crippen molar-refractivity contribution in [3.63, 3.8) is 0 Å². The number of amides is 3. The SMILES string of the molecule is CC(C)NC(=O)NCCc1ccc(NC(=O)c2cc(C(F)(F)F)cc(C(F)(F)F)c2)cc1. The summed E-state index contributed by atoms with van der Waals surface area (Å²) >= 11 is 0. The van der Waals surface area contributed by atoms with Crippen LogP contribution >= 0.6 is 0 Å². The minimum absolute atomic E-state index is 0.0121. The molecule has 0 heterocycles. The Labute approximate surface area is 180 Å². The number of carbonyl (C=O) groups is 2. The zero-order chi connectivity index (χ0) is 24.1. The molecule has 0 saturated heterocycles. The lowest BCUT2D eigenvalue weighted by Gasteiger charge is -2.14. The van der Waals surface area contributed by atoms with Gasteiger partial charge >= 0.3 is 18.4 Å². The number of urea groups is 1. The number of halogens is 6. The van der Waals surface area contributed by atoms with Gasteiger partial charge in [-0.3, -0.25) is 4.79 Å². The van der Waals surface area contributed by atoms with Gasteiger partial charge < -0.3 is 16.0 Å². The van der Waals surface area contributed by atoms with Gasteiger partial charge in [0.15, 0.2) is 0 Å². The van der Waals surface area contributed by atoms with Crippen molar-refractivity contribution in [3.8, 4) is 0 Å². The summed E-state index contributed by atoms with van der Waals surface area (Å²) in [6, 6.07) is 6.51. The molecule has 11 heteroatoms. The van der Waals surface area contributed by atoms with Crippen molar-refractivity contribution in [2.24, 2.45) is 0 Å². The van der Waals surface area contributed by atoms with Crippen molar-refractivity contribution in [3.05, 3.63) is 64.7 Å². The summed E-state index contributed by atoms with van der Waals surface area (Å²) in [4.78, 5) is 23.8. The first-order chi connectivity index (χ1) is 14.8. The van der Waals surface area contributed by atoms with E-state index in [9.17, 15) is 35.9 Å². The zero-order valence-electron chi connectivity index (χ0n) is 17.1. The van der Waals surface area contributed by atoms with E-state index in [4.69, 9.17) is 0 Å². The molecule has 0 bridgehead atoms. The monoisotopic (exact) mass is 461 g/mol. The summed E-state index contributed by atoms with van der Waals surface area (Å²) in [5.74, 6) is -1.11. The van der Waals surface area contributed by atoms with Gasteiger partial charge in [-0.25, -0.2) is 4.79 Å². The molecule has 0 fully saturated rings. The molecule has 3 amide bonds. The molecule has 32 heavy (non-hydrogen) atoms. The number of hydrogen-bond acceptors (Lipinski definition) is 2. The Kier molecular flexibility index (Phi) is 7.76. The number of benzene rings is 2. The summed E-state index contributed by atoms with van der Waals surface area (Å²) in [6.45, 7) is 3.97. The highest BCUT2D eigenvalue weighted by molar-refractivity contribution is 6.04. The maximum absolute atomic E-state index is 13.0. The van der Waals surface area contributed by atoms with E-state index >= 15 is 0 Å². The molecule has 174 valence electrons. The highest BCUT2D eigenvalue weighted by Crippen LogP contribution is 2.36. The first-order valence-electron chi connectivity index (χ1n) is 9.50. The molecule has 2 aromatic carbocycles. The number of carbonyl (C=O) groups excluding carboxylic acids is 2. The average Bonchev–Trinajstić information content (AvgIpc) is 2.67. The molecule has 0 aliphatic rings. The van der Waals surface area contributed by atoms with Gasteiger partial charge in [0.1, 0.15) is 0 Å². The maximum atomic E-state index is 13.0. The molecular weight excluding hydrogens is 440 g/mol. The lowest BCUT2D eigenvalue weighted by molar-refractivity contribution is -0.143. The summed E-state index contributed by atoms with van der Waals surface area (Å²) in [7, 11) is 0. The van der Waals surface area contributed by atoms with E-state index in [2.05, 4.69) is 16.0 Å². The Hall–Kier alpha value is -3.24. The fourth-order valence-electron chi connectivity index (χ4n) is 2.68. The zero-order valence-corrected chi connectivity index (χ0v) is 17.1. The van der Waals surface area contributed by atoms with E-state index in [1.165, 1.54) is 12.1 Å². The van der Waals surface area contributed by atoms with Crippen molar-refractivity contribution in [2.75, 3.05) is 11.9 Å². The number of anilines is 1. The maximum Gasteiger partial charge on any atom is 0.416 e. The van der Waals surface area contributed by atoms with Crippen LogP contribution in [0.25, 0.3) is 0 Å². The van der Waals surface area contributed by atoms with E-state index in [0.29, 0.717) is 25.1 Å². The van der Waals surface area contributed by atoms with Crippen LogP contribution in [0.4, 0.5) is 36.8 Å². The summed E-state index contributed by atoms with van der Waals surface area (Å²) in [5.41, 5.74) is -2.92. The van der Waals surface area contributed by atoms with Crippen LogP contribution in [-0.4, -0.2) is 24.5 Å². The van der Waals surface area contributed by atoms with Crippen LogP contribution in [0, 0.1) is 0 Å². The molecule has 5 nitrogen and oxygen atoms in total. The van der Waals surface area contributed by atoms with E-state index in [-0.39, 0.29) is 23.8 Å². The molecule has 0 spiro atoms. The first-order valence-corrected chi connectivity index (χ1v) is 9.50. The van der Waals surface area contributed by atoms with Crippen LogP contribution in [0.2, 0.25) is 0 Å². The average molecular weight is 461 g/mol. The Bertz CT molecular complexity index is 921. The van der Waals surface area contributed by atoms with Gasteiger partial charge in [0.05, 0.1) is 11.1 Å². The van der Waals surface area contributed by atoms with E-state index in [1.54, 1.807) is 12.1 Å². The van der Waals surface area contributed by atoms with Crippen LogP contribution < -0.4 is 16.0 Å². The Balaban J connectivity index is 2.07. The number of nitrogens with one attached hydrogen (secondary N) is 3. The van der Waals surface area contributed by atoms with Crippen molar-refractivity contribution < 1.29 is 35.9 Å². The van der Waals surface area contributed by atoms with Crippen molar-refractivity contribution >= 4 is 17.6 Å². The van der Waals surface area contributed by atoms with E-state index in [0.717, 1.165) is 5.56 Å². The molecule has 0 radical (unpaired) electrons. The predicted molar refractivity (Wildman–Crippen MR) is 106 cm³/mol. The molecule has 0 saturated carbocycles. The van der Waals surface area contributed by atoms with Gasteiger partial charge in [0, 0.05) is 23.8 Å². The summed E-state index contributed by atoms with van der Waals surface area (Å²) in [5, 5.41) is 7.61. The molecule has 0 atom stereocenters. The third-order valence-electron chi connectivity index (χ3n) is 4.18. The first kappa shape index (κ1) is 25.0. The second-order valence-corrected chi connectivity index (χ2v) is 7.25. The second kappa shape index (κ2) is 9.92. The minimum atomic E-state index is -5.04. The van der Waals surface area contributed by atoms with Crippen molar-refractivity contribution in [2.45, 2.75) is 38.7 Å². The number of rotatable bonds is 6. The highest BCUT2D eigenvalue weighted by atomic mass is 19.4. The van der Waals surface area contributed by atoms with Gasteiger partial charge in [-0.1, -0.05) is 12.1 Å². The van der Waals surface area contributed by atoms with Gasteiger partial charge in [-0.05, 0) is 56.2 Å². The van der Waals surface area contributed by atoms with Crippen LogP contribution in [0.3, 0.4) is 0 Å². The lowest BCUT2D eigenvalue weighted by Crippen LogP contribution is -2.40. The highest BCUT2D eigenvalue weighted by Gasteiger charge is 2.37. The smallest absolute Gasteiger partial charge is 0.338 e. The Morgan fingerprint density at radius 3 is 1.88 bits per heavy atom. The number of alkyl halides is 6. The Morgan fingerprint density at radius 2 is 1.41 bits per heavy atom. The Morgan fingerprint density at radius 1 is 0.875 bits per heavy atom. The van der Waals surface area contributed by atoms with Crippen molar-refractivity contribution in [1.29, 1.82) is 0 Å². The largest absolute Gasteiger partial charge is 0.416 e. The lowest BCUT2D eigenvalue weighted by atomic mass is 10.0. The molecule has 2 aromatic rings. The predicted octanol–water partition coefficient (Wildman–Crippen LogP) is 5.23. The fraction of sp³-hybridized carbons (Fsp3) is 0.333. The summed E-state index contributed by atoms with van der Waals surface area (Å²) < 4.78 is 77.7. The van der Waals surface area contributed by atoms with Crippen LogP contribution in [0.5, 0.6) is 0 Å². The van der Waals surface area contributed by atoms with Gasteiger partial charge in [0.2, 0.25) is 0 Å². The molecule has 0 unspecified atom stereocenters. The molecular formula is C21H21F6N3O2. The normalized spacial score (nSPS) is 11.9. The van der Waals surface area contributed by atoms with Crippen molar-refractivity contribution in [1.82, 2.24) is 10.6 Å². The van der Waals surface area contributed by atoms with Crippen LogP contribution in [-0.2, 0) is 18.8 Å². The van der Waals surface area contributed by atoms with Gasteiger partial charge in [0.25, 0.3) is 5.91 Å². The fourth-order valence-corrected chi connectivity index (χ4v) is 2.68. The number of hydrogen-bond donors (Lipinski definition) is 3. The van der Waals surface area contributed by atoms with E-state index < -0.39 is 35.0 Å². The van der Waals surface area contributed by atoms with Gasteiger partial charge in [-0.2, -0.15) is 26.3 Å². The van der Waals surface area contributed by atoms with Crippen LogP contribution in [0.1, 0.15) is 40.9 Å². The van der Waals surface area contributed by atoms with Crippen LogP contribution in [0.15, 0.2) is 42.5 Å². The third kappa shape index (κ3) is 7.47. The van der Waals surface area contributed by atoms with Gasteiger partial charge in [-0.15, -0.1) is 0 Å². The molecule has 3 N–H and O–H groups in total. The third-order valence-corrected chi connectivity index (χ3v) is 4.18. The molecule has 0 aliphatic heterocycles. The molecule has 2 rings (SSSR count). The minimum Gasteiger partial charge on any atom is -0.338 e.